The fourth-order valence-electron chi connectivity index (χ4n) is 2.85. The van der Waals surface area contributed by atoms with E-state index in [0.29, 0.717) is 16.5 Å². The van der Waals surface area contributed by atoms with Crippen LogP contribution >= 0.6 is 11.3 Å². The zero-order valence-electron chi connectivity index (χ0n) is 12.4. The average Bonchev–Trinajstić information content (AvgIpc) is 2.76. The molecule has 0 saturated carbocycles. The minimum absolute atomic E-state index is 0.0802. The predicted molar refractivity (Wildman–Crippen MR) is 89.1 cm³/mol. The summed E-state index contributed by atoms with van der Waals surface area (Å²) < 4.78 is 0. The first-order valence-corrected chi connectivity index (χ1v) is 8.14. The van der Waals surface area contributed by atoms with E-state index in [-0.39, 0.29) is 5.91 Å². The third-order valence-corrected chi connectivity index (χ3v) is 5.16. The third-order valence-electron chi connectivity index (χ3n) is 4.08. The van der Waals surface area contributed by atoms with Gasteiger partial charge in [0.1, 0.15) is 0 Å². The molecule has 0 aliphatic heterocycles. The lowest BCUT2D eigenvalue weighted by molar-refractivity contribution is 0.102. The Morgan fingerprint density at radius 1 is 1.33 bits per heavy atom. The minimum Gasteiger partial charge on any atom is -0.390 e. The molecule has 3 nitrogen and oxygen atoms in total. The van der Waals surface area contributed by atoms with Crippen LogP contribution < -0.4 is 11.1 Å². The molecule has 0 bridgehead atoms. The molecular weight excluding hydrogens is 280 g/mol. The van der Waals surface area contributed by atoms with E-state index in [1.165, 1.54) is 16.0 Å². The molecular formula is C17H20N2OS. The number of hydrogen-bond acceptors (Lipinski definition) is 3. The van der Waals surface area contributed by atoms with Crippen molar-refractivity contribution < 1.29 is 4.79 Å². The van der Waals surface area contributed by atoms with Crippen molar-refractivity contribution in [2.75, 3.05) is 11.1 Å². The monoisotopic (exact) mass is 300 g/mol. The van der Waals surface area contributed by atoms with Gasteiger partial charge in [0.05, 0.1) is 10.6 Å². The first-order valence-electron chi connectivity index (χ1n) is 7.32. The standard InChI is InChI=1S/C17H20N2OS/c1-10-3-6-12(7-4-10)19-17(20)15-13-8-5-11(2)9-14(13)21-16(15)18/h3-4,6-7,11H,5,8-9,18H2,1-2H3,(H,19,20)/t11-/m0/s1. The van der Waals surface area contributed by atoms with E-state index in [4.69, 9.17) is 5.73 Å². The van der Waals surface area contributed by atoms with Crippen LogP contribution in [0.5, 0.6) is 0 Å². The number of fused-ring (bicyclic) bond motifs is 1. The smallest absolute Gasteiger partial charge is 0.258 e. The van der Waals surface area contributed by atoms with Gasteiger partial charge in [-0.25, -0.2) is 0 Å². The first-order chi connectivity index (χ1) is 10.0. The summed E-state index contributed by atoms with van der Waals surface area (Å²) in [5.74, 6) is 0.604. The molecule has 110 valence electrons. The molecule has 0 radical (unpaired) electrons. The summed E-state index contributed by atoms with van der Waals surface area (Å²) in [6.07, 6.45) is 3.14. The highest BCUT2D eigenvalue weighted by molar-refractivity contribution is 7.16. The van der Waals surface area contributed by atoms with E-state index in [1.54, 1.807) is 11.3 Å². The van der Waals surface area contributed by atoms with Gasteiger partial charge in [0.25, 0.3) is 5.91 Å². The zero-order valence-corrected chi connectivity index (χ0v) is 13.2. The van der Waals surface area contributed by atoms with Gasteiger partial charge in [0, 0.05) is 10.6 Å². The van der Waals surface area contributed by atoms with Crippen molar-refractivity contribution in [3.05, 3.63) is 45.8 Å². The molecule has 21 heavy (non-hydrogen) atoms. The van der Waals surface area contributed by atoms with Crippen LogP contribution in [0.4, 0.5) is 10.7 Å². The van der Waals surface area contributed by atoms with Crippen molar-refractivity contribution in [1.82, 2.24) is 0 Å². The first kappa shape index (κ1) is 14.1. The second-order valence-electron chi connectivity index (χ2n) is 5.91. The highest BCUT2D eigenvalue weighted by Crippen LogP contribution is 2.38. The van der Waals surface area contributed by atoms with E-state index in [0.717, 1.165) is 24.9 Å². The minimum atomic E-state index is -0.0802. The molecule has 1 atom stereocenters. The molecule has 1 heterocycles. The maximum atomic E-state index is 12.5. The van der Waals surface area contributed by atoms with Gasteiger partial charge in [-0.05, 0) is 49.8 Å². The van der Waals surface area contributed by atoms with Crippen LogP contribution in [0.15, 0.2) is 24.3 Å². The molecule has 0 spiro atoms. The van der Waals surface area contributed by atoms with Gasteiger partial charge in [0.2, 0.25) is 0 Å². The quantitative estimate of drug-likeness (QED) is 0.880. The fourth-order valence-corrected chi connectivity index (χ4v) is 4.13. The van der Waals surface area contributed by atoms with Crippen LogP contribution in [-0.4, -0.2) is 5.91 Å². The van der Waals surface area contributed by atoms with Crippen molar-refractivity contribution >= 4 is 27.9 Å². The van der Waals surface area contributed by atoms with E-state index in [1.807, 2.05) is 31.2 Å². The Morgan fingerprint density at radius 3 is 2.76 bits per heavy atom. The maximum absolute atomic E-state index is 12.5. The van der Waals surface area contributed by atoms with E-state index < -0.39 is 0 Å². The second-order valence-corrected chi connectivity index (χ2v) is 7.05. The number of amides is 1. The van der Waals surface area contributed by atoms with Gasteiger partial charge in [-0.3, -0.25) is 4.79 Å². The summed E-state index contributed by atoms with van der Waals surface area (Å²) in [6, 6.07) is 7.82. The zero-order chi connectivity index (χ0) is 15.0. The summed E-state index contributed by atoms with van der Waals surface area (Å²) >= 11 is 1.58. The van der Waals surface area contributed by atoms with Gasteiger partial charge in [-0.2, -0.15) is 0 Å². The highest BCUT2D eigenvalue weighted by Gasteiger charge is 2.26. The van der Waals surface area contributed by atoms with Gasteiger partial charge >= 0.3 is 0 Å². The normalized spacial score (nSPS) is 17.3. The van der Waals surface area contributed by atoms with Crippen molar-refractivity contribution in [3.63, 3.8) is 0 Å². The number of thiophene rings is 1. The third kappa shape index (κ3) is 2.81. The number of rotatable bonds is 2. The number of nitrogens with two attached hydrogens (primary N) is 1. The molecule has 3 rings (SSSR count). The Hall–Kier alpha value is -1.81. The molecule has 0 fully saturated rings. The number of benzene rings is 1. The van der Waals surface area contributed by atoms with E-state index in [9.17, 15) is 4.79 Å². The van der Waals surface area contributed by atoms with Gasteiger partial charge in [-0.1, -0.05) is 24.6 Å². The molecule has 2 aromatic rings. The lowest BCUT2D eigenvalue weighted by Crippen LogP contribution is -2.17. The Bertz CT molecular complexity index is 673. The van der Waals surface area contributed by atoms with E-state index >= 15 is 0 Å². The van der Waals surface area contributed by atoms with E-state index in [2.05, 4.69) is 12.2 Å². The Balaban J connectivity index is 1.86. The summed E-state index contributed by atoms with van der Waals surface area (Å²) in [6.45, 7) is 4.28. The predicted octanol–water partition coefficient (Wildman–Crippen LogP) is 4.02. The largest absolute Gasteiger partial charge is 0.390 e. The van der Waals surface area contributed by atoms with Crippen LogP contribution in [0.1, 0.15) is 39.7 Å². The number of aryl methyl sites for hydroxylation is 1. The summed E-state index contributed by atoms with van der Waals surface area (Å²) in [7, 11) is 0. The molecule has 1 aliphatic rings. The Morgan fingerprint density at radius 2 is 2.05 bits per heavy atom. The molecule has 1 amide bonds. The summed E-state index contributed by atoms with van der Waals surface area (Å²) in [5, 5.41) is 3.61. The number of hydrogen-bond donors (Lipinski definition) is 2. The average molecular weight is 300 g/mol. The number of anilines is 2. The molecule has 1 aliphatic carbocycles. The molecule has 0 saturated heterocycles. The van der Waals surface area contributed by atoms with Crippen LogP contribution in [0, 0.1) is 12.8 Å². The second kappa shape index (κ2) is 5.53. The van der Waals surface area contributed by atoms with Gasteiger partial charge in [0.15, 0.2) is 0 Å². The summed E-state index contributed by atoms with van der Waals surface area (Å²) in [4.78, 5) is 13.8. The van der Waals surface area contributed by atoms with Gasteiger partial charge in [-0.15, -0.1) is 11.3 Å². The number of carbonyl (C=O) groups excluding carboxylic acids is 1. The number of nitrogens with one attached hydrogen (secondary N) is 1. The van der Waals surface area contributed by atoms with Gasteiger partial charge < -0.3 is 11.1 Å². The molecule has 1 aromatic carbocycles. The highest BCUT2D eigenvalue weighted by atomic mass is 32.1. The SMILES string of the molecule is Cc1ccc(NC(=O)c2c(N)sc3c2CC[C@H](C)C3)cc1. The molecule has 1 aromatic heterocycles. The van der Waals surface area contributed by atoms with Crippen LogP contribution in [0.3, 0.4) is 0 Å². The molecule has 0 unspecified atom stereocenters. The van der Waals surface area contributed by atoms with Crippen LogP contribution in [0.2, 0.25) is 0 Å². The van der Waals surface area contributed by atoms with Crippen molar-refractivity contribution in [2.24, 2.45) is 5.92 Å². The molecule has 3 N–H and O–H groups in total. The fraction of sp³-hybridized carbons (Fsp3) is 0.353. The Kier molecular flexibility index (Phi) is 3.72. The topological polar surface area (TPSA) is 55.1 Å². The summed E-state index contributed by atoms with van der Waals surface area (Å²) in [5.41, 5.74) is 9.96. The van der Waals surface area contributed by atoms with Crippen molar-refractivity contribution in [1.29, 1.82) is 0 Å². The number of carbonyl (C=O) groups is 1. The van der Waals surface area contributed by atoms with Crippen molar-refractivity contribution in [2.45, 2.75) is 33.1 Å². The van der Waals surface area contributed by atoms with Crippen LogP contribution in [0.25, 0.3) is 0 Å². The maximum Gasteiger partial charge on any atom is 0.258 e. The lowest BCUT2D eigenvalue weighted by Gasteiger charge is -2.18. The lowest BCUT2D eigenvalue weighted by atomic mass is 9.88. The Labute approximate surface area is 129 Å². The molecule has 4 heteroatoms. The van der Waals surface area contributed by atoms with Crippen molar-refractivity contribution in [3.8, 4) is 0 Å². The number of nitrogen functional groups attached to an aromatic ring is 1. The van der Waals surface area contributed by atoms with Crippen LogP contribution in [-0.2, 0) is 12.8 Å².